The molecule has 6 heteroatoms. The summed E-state index contributed by atoms with van der Waals surface area (Å²) in [5.41, 5.74) is 2.52. The summed E-state index contributed by atoms with van der Waals surface area (Å²) in [6, 6.07) is 0. The van der Waals surface area contributed by atoms with Crippen LogP contribution in [0.5, 0.6) is 0 Å². The number of carbonyl (C=O) groups is 2. The van der Waals surface area contributed by atoms with E-state index in [1.165, 1.54) is 9.80 Å². The predicted octanol–water partition coefficient (Wildman–Crippen LogP) is 3.28. The lowest BCUT2D eigenvalue weighted by atomic mass is 9.98. The summed E-state index contributed by atoms with van der Waals surface area (Å²) in [6.07, 6.45) is 13.3. The molecular formula is C17H18N2O4+2. The van der Waals surface area contributed by atoms with Crippen molar-refractivity contribution in [1.82, 2.24) is 9.80 Å². The van der Waals surface area contributed by atoms with Crippen LogP contribution in [0.3, 0.4) is 0 Å². The molecule has 6 nitrogen and oxygen atoms in total. The molecule has 2 amide bonds. The highest BCUT2D eigenvalue weighted by Crippen LogP contribution is 2.24. The smallest absolute Gasteiger partial charge is 0.404 e. The summed E-state index contributed by atoms with van der Waals surface area (Å²) in [7, 11) is 0. The molecule has 0 atom stereocenters. The largest absolute Gasteiger partial charge is 0.508 e. The lowest BCUT2D eigenvalue weighted by Gasteiger charge is -2.10. The minimum absolute atomic E-state index is 0.308. The van der Waals surface area contributed by atoms with Crippen LogP contribution in [0.25, 0.3) is 0 Å². The van der Waals surface area contributed by atoms with Gasteiger partial charge in [0.25, 0.3) is 0 Å². The van der Waals surface area contributed by atoms with Gasteiger partial charge in [-0.1, -0.05) is 9.80 Å². The van der Waals surface area contributed by atoms with Gasteiger partial charge in [-0.15, -0.1) is 0 Å². The Morgan fingerprint density at radius 3 is 2.17 bits per heavy atom. The van der Waals surface area contributed by atoms with Crippen molar-refractivity contribution in [3.05, 3.63) is 59.7 Å². The molecule has 0 saturated heterocycles. The second-order valence-electron chi connectivity index (χ2n) is 4.65. The Kier molecular flexibility index (Phi) is 5.26. The van der Waals surface area contributed by atoms with Crippen molar-refractivity contribution < 1.29 is 19.1 Å². The Morgan fingerprint density at radius 1 is 1.04 bits per heavy atom. The number of hydrogen-bond acceptors (Lipinski definition) is 4. The molecule has 23 heavy (non-hydrogen) atoms. The Hall–Kier alpha value is -2.94. The lowest BCUT2D eigenvalue weighted by Crippen LogP contribution is -2.24. The number of ether oxygens (including phenoxy) is 2. The molecule has 0 radical (unpaired) electrons. The maximum Gasteiger partial charge on any atom is 0.508 e. The highest BCUT2D eigenvalue weighted by molar-refractivity contribution is 5.72. The SMILES string of the molecule is CCOC(=O)N1[C+]=CC(=C2C=CN(C(=O)OCC)[C+]=C2C)C=C1. The molecule has 0 unspecified atom stereocenters. The number of hydrogen-bond donors (Lipinski definition) is 0. The van der Waals surface area contributed by atoms with Crippen LogP contribution in [-0.2, 0) is 9.47 Å². The van der Waals surface area contributed by atoms with Crippen molar-refractivity contribution in [3.8, 4) is 0 Å². The molecule has 0 N–H and O–H groups in total. The van der Waals surface area contributed by atoms with Gasteiger partial charge in [-0.25, -0.2) is 0 Å². The summed E-state index contributed by atoms with van der Waals surface area (Å²) < 4.78 is 9.82. The molecule has 2 aliphatic rings. The van der Waals surface area contributed by atoms with Crippen LogP contribution < -0.4 is 0 Å². The third-order valence-electron chi connectivity index (χ3n) is 3.08. The Bertz CT molecular complexity index is 625. The lowest BCUT2D eigenvalue weighted by molar-refractivity contribution is 0.130. The molecule has 0 fully saturated rings. The van der Waals surface area contributed by atoms with Crippen LogP contribution in [0.4, 0.5) is 9.59 Å². The van der Waals surface area contributed by atoms with Crippen LogP contribution in [0.1, 0.15) is 20.8 Å². The fourth-order valence-electron chi connectivity index (χ4n) is 2.02. The van der Waals surface area contributed by atoms with Gasteiger partial charge in [0.1, 0.15) is 60.8 Å². The van der Waals surface area contributed by atoms with Crippen molar-refractivity contribution >= 4 is 12.2 Å². The molecule has 0 aromatic rings. The normalized spacial score (nSPS) is 19.0. The summed E-state index contributed by atoms with van der Waals surface area (Å²) in [4.78, 5) is 25.8. The van der Waals surface area contributed by atoms with Gasteiger partial charge < -0.3 is 9.47 Å². The van der Waals surface area contributed by atoms with E-state index < -0.39 is 12.2 Å². The van der Waals surface area contributed by atoms with Gasteiger partial charge in [0.05, 0.1) is 12.2 Å². The summed E-state index contributed by atoms with van der Waals surface area (Å²) in [5, 5.41) is 0. The molecule has 2 aliphatic heterocycles. The fourth-order valence-corrected chi connectivity index (χ4v) is 2.02. The maximum atomic E-state index is 11.7. The zero-order valence-corrected chi connectivity index (χ0v) is 13.3. The number of amides is 2. The van der Waals surface area contributed by atoms with E-state index >= 15 is 0 Å². The van der Waals surface area contributed by atoms with Gasteiger partial charge in [-0.2, -0.15) is 9.59 Å². The van der Waals surface area contributed by atoms with Gasteiger partial charge in [-0.05, 0) is 20.8 Å². The number of nitrogens with zero attached hydrogens (tertiary/aromatic N) is 2. The first kappa shape index (κ1) is 16.4. The van der Waals surface area contributed by atoms with Crippen molar-refractivity contribution in [1.29, 1.82) is 0 Å². The van der Waals surface area contributed by atoms with Gasteiger partial charge in [-0.3, -0.25) is 0 Å². The molecule has 0 spiro atoms. The van der Waals surface area contributed by atoms with Crippen molar-refractivity contribution in [2.45, 2.75) is 20.8 Å². The first-order valence-electron chi connectivity index (χ1n) is 7.29. The van der Waals surface area contributed by atoms with Gasteiger partial charge >= 0.3 is 12.2 Å². The number of carbonyl (C=O) groups excluding carboxylic acids is 2. The van der Waals surface area contributed by atoms with Crippen molar-refractivity contribution in [2.24, 2.45) is 0 Å². The predicted molar refractivity (Wildman–Crippen MR) is 83.3 cm³/mol. The third kappa shape index (κ3) is 3.83. The van der Waals surface area contributed by atoms with Gasteiger partial charge in [0.2, 0.25) is 0 Å². The molecule has 0 saturated carbocycles. The fraction of sp³-hybridized carbons (Fsp3) is 0.294. The molecule has 0 aromatic carbocycles. The van der Waals surface area contributed by atoms with Gasteiger partial charge in [0, 0.05) is 0 Å². The minimum Gasteiger partial charge on any atom is -0.404 e. The van der Waals surface area contributed by atoms with Crippen LogP contribution in [0.2, 0.25) is 0 Å². The van der Waals surface area contributed by atoms with E-state index in [-0.39, 0.29) is 0 Å². The average Bonchev–Trinajstić information content (AvgIpc) is 2.55. The molecular weight excluding hydrogens is 296 g/mol. The topological polar surface area (TPSA) is 59.1 Å². The second-order valence-corrected chi connectivity index (χ2v) is 4.65. The Morgan fingerprint density at radius 2 is 1.65 bits per heavy atom. The van der Waals surface area contributed by atoms with E-state index in [1.807, 2.05) is 6.92 Å². The highest BCUT2D eigenvalue weighted by Gasteiger charge is 2.29. The van der Waals surface area contributed by atoms with Crippen molar-refractivity contribution in [3.63, 3.8) is 0 Å². The quantitative estimate of drug-likeness (QED) is 0.734. The molecule has 2 heterocycles. The highest BCUT2D eigenvalue weighted by atomic mass is 16.6. The average molecular weight is 314 g/mol. The van der Waals surface area contributed by atoms with E-state index in [2.05, 4.69) is 12.4 Å². The summed E-state index contributed by atoms with van der Waals surface area (Å²) in [5.74, 6) is 0. The molecule has 2 rings (SSSR count). The van der Waals surface area contributed by atoms with Crippen LogP contribution in [-0.4, -0.2) is 35.2 Å². The van der Waals surface area contributed by atoms with E-state index in [0.717, 1.165) is 16.7 Å². The van der Waals surface area contributed by atoms with Crippen LogP contribution in [0.15, 0.2) is 47.3 Å². The zero-order chi connectivity index (χ0) is 16.8. The molecule has 0 aromatic heterocycles. The standard InChI is InChI=1S/C17H18N2O4/c1-4-22-16(20)18-9-6-14(7-10-18)15-8-11-19(12-13(15)3)17(21)23-5-2/h6-9,11H,4-5H2,1-3H3/q+2. The van der Waals surface area contributed by atoms with E-state index in [1.54, 1.807) is 44.5 Å². The van der Waals surface area contributed by atoms with Crippen LogP contribution in [0, 0.1) is 12.4 Å². The summed E-state index contributed by atoms with van der Waals surface area (Å²) in [6.45, 7) is 5.95. The second kappa shape index (κ2) is 7.36. The zero-order valence-electron chi connectivity index (χ0n) is 13.3. The van der Waals surface area contributed by atoms with Gasteiger partial charge in [0.15, 0.2) is 0 Å². The molecule has 0 aliphatic carbocycles. The number of allylic oxidation sites excluding steroid dienone is 6. The minimum atomic E-state index is -0.476. The van der Waals surface area contributed by atoms with E-state index in [4.69, 9.17) is 9.47 Å². The third-order valence-corrected chi connectivity index (χ3v) is 3.08. The van der Waals surface area contributed by atoms with Crippen LogP contribution >= 0.6 is 0 Å². The van der Waals surface area contributed by atoms with Crippen molar-refractivity contribution in [2.75, 3.05) is 13.2 Å². The molecule has 118 valence electrons. The number of rotatable bonds is 2. The maximum absolute atomic E-state index is 11.7. The Labute approximate surface area is 135 Å². The first-order chi connectivity index (χ1) is 11.1. The molecule has 0 bridgehead atoms. The van der Waals surface area contributed by atoms with E-state index in [9.17, 15) is 9.59 Å². The summed E-state index contributed by atoms with van der Waals surface area (Å²) >= 11 is 0. The Balaban J connectivity index is 2.13. The first-order valence-corrected chi connectivity index (χ1v) is 7.29. The van der Waals surface area contributed by atoms with E-state index in [0.29, 0.717) is 13.2 Å². The monoisotopic (exact) mass is 314 g/mol.